The number of furan rings is 1. The molecule has 1 aromatic carbocycles. The van der Waals surface area contributed by atoms with Crippen LogP contribution in [0.25, 0.3) is 0 Å². The highest BCUT2D eigenvalue weighted by Crippen LogP contribution is 2.27. The lowest BCUT2D eigenvalue weighted by Gasteiger charge is -2.18. The van der Waals surface area contributed by atoms with Crippen molar-refractivity contribution in [3.05, 3.63) is 42.2 Å². The molecule has 0 bridgehead atoms. The fourth-order valence-corrected chi connectivity index (χ4v) is 2.16. The number of rotatable bonds is 7. The van der Waals surface area contributed by atoms with Crippen LogP contribution in [0.3, 0.4) is 0 Å². The number of hydrogen-bond donors (Lipinski definition) is 3. The van der Waals surface area contributed by atoms with Crippen molar-refractivity contribution in [2.24, 2.45) is 5.73 Å². The van der Waals surface area contributed by atoms with E-state index in [0.717, 1.165) is 0 Å². The van der Waals surface area contributed by atoms with E-state index in [2.05, 4.69) is 5.32 Å². The quantitative estimate of drug-likeness (QED) is 0.510. The fraction of sp³-hybridized carbons (Fsp3) is 0.200. The summed E-state index contributed by atoms with van der Waals surface area (Å²) in [4.78, 5) is 23.2. The standard InChI is InChI=1S/C15H16FN3O5S/c1-9(18-15(17)21)8-19(22)14(20)12-6-7-13(24-12)23-10-2-4-11(25-16)5-3-10/h2-7,9,22H,8H2,1H3,(H3,17,18,21)/t9-/m0/s1. The van der Waals surface area contributed by atoms with Crippen LogP contribution in [0.5, 0.6) is 11.7 Å². The van der Waals surface area contributed by atoms with Crippen LogP contribution in [0.2, 0.25) is 0 Å². The Morgan fingerprint density at radius 2 is 2.04 bits per heavy atom. The van der Waals surface area contributed by atoms with Crippen molar-refractivity contribution < 1.29 is 27.8 Å². The summed E-state index contributed by atoms with van der Waals surface area (Å²) in [7, 11) is 0. The van der Waals surface area contributed by atoms with E-state index in [1.807, 2.05) is 0 Å². The van der Waals surface area contributed by atoms with Gasteiger partial charge in [-0.1, -0.05) is 0 Å². The van der Waals surface area contributed by atoms with Crippen molar-refractivity contribution >= 4 is 24.1 Å². The van der Waals surface area contributed by atoms with E-state index >= 15 is 0 Å². The van der Waals surface area contributed by atoms with Crippen molar-refractivity contribution in [3.63, 3.8) is 0 Å². The number of urea groups is 1. The molecule has 0 saturated carbocycles. The Morgan fingerprint density at radius 3 is 2.64 bits per heavy atom. The van der Waals surface area contributed by atoms with Crippen molar-refractivity contribution in [3.8, 4) is 11.7 Å². The van der Waals surface area contributed by atoms with Gasteiger partial charge in [0, 0.05) is 17.0 Å². The first-order chi connectivity index (χ1) is 11.9. The number of nitrogens with zero attached hydrogens (tertiary/aromatic N) is 1. The average Bonchev–Trinajstić information content (AvgIpc) is 3.02. The summed E-state index contributed by atoms with van der Waals surface area (Å²) >= 11 is 0.112. The number of carbonyl (C=O) groups excluding carboxylic acids is 2. The third kappa shape index (κ3) is 5.40. The van der Waals surface area contributed by atoms with Gasteiger partial charge in [0.05, 0.1) is 18.7 Å². The molecule has 0 saturated heterocycles. The predicted octanol–water partition coefficient (Wildman–Crippen LogP) is 2.94. The summed E-state index contributed by atoms with van der Waals surface area (Å²) in [5, 5.41) is 12.5. The SMILES string of the molecule is C[C@@H](CN(O)C(=O)c1ccc(Oc2ccc(SF)cc2)o1)NC(N)=O. The number of nitrogens with two attached hydrogens (primary N) is 1. The number of carbonyl (C=O) groups is 2. The summed E-state index contributed by atoms with van der Waals surface area (Å²) in [5.41, 5.74) is 4.96. The molecule has 2 rings (SSSR count). The number of halogens is 1. The number of hydroxylamine groups is 2. The molecule has 8 nitrogen and oxygen atoms in total. The molecule has 0 fully saturated rings. The van der Waals surface area contributed by atoms with Crippen LogP contribution >= 0.6 is 12.1 Å². The Hall–Kier alpha value is -2.72. The highest BCUT2D eigenvalue weighted by atomic mass is 32.2. The van der Waals surface area contributed by atoms with Gasteiger partial charge in [0.2, 0.25) is 0 Å². The first-order valence-corrected chi connectivity index (χ1v) is 7.83. The molecule has 0 unspecified atom stereocenters. The first-order valence-electron chi connectivity index (χ1n) is 7.12. The molecule has 4 N–H and O–H groups in total. The second-order valence-electron chi connectivity index (χ2n) is 5.07. The lowest BCUT2D eigenvalue weighted by molar-refractivity contribution is -0.0636. The van der Waals surface area contributed by atoms with E-state index in [0.29, 0.717) is 15.7 Å². The van der Waals surface area contributed by atoms with Gasteiger partial charge in [-0.25, -0.2) is 9.86 Å². The van der Waals surface area contributed by atoms with Crippen LogP contribution in [0.4, 0.5) is 8.68 Å². The second kappa shape index (κ2) is 8.40. The van der Waals surface area contributed by atoms with E-state index in [4.69, 9.17) is 14.9 Å². The molecule has 2 aromatic rings. The minimum Gasteiger partial charge on any atom is -0.426 e. The zero-order valence-electron chi connectivity index (χ0n) is 13.1. The van der Waals surface area contributed by atoms with E-state index in [-0.39, 0.29) is 30.4 Å². The third-order valence-corrected chi connectivity index (χ3v) is 3.44. The maximum absolute atomic E-state index is 12.4. The molecule has 25 heavy (non-hydrogen) atoms. The summed E-state index contributed by atoms with van der Waals surface area (Å²) in [6, 6.07) is 7.56. The molecule has 0 aliphatic rings. The van der Waals surface area contributed by atoms with Gasteiger partial charge in [0.1, 0.15) is 5.75 Å². The Morgan fingerprint density at radius 1 is 1.36 bits per heavy atom. The Bertz CT molecular complexity index is 737. The molecule has 1 atom stereocenters. The molecule has 0 spiro atoms. The summed E-state index contributed by atoms with van der Waals surface area (Å²) in [6.45, 7) is 1.39. The van der Waals surface area contributed by atoms with E-state index in [1.165, 1.54) is 24.3 Å². The highest BCUT2D eigenvalue weighted by molar-refractivity contribution is 7.94. The van der Waals surface area contributed by atoms with E-state index < -0.39 is 18.0 Å². The van der Waals surface area contributed by atoms with Crippen LogP contribution in [0.1, 0.15) is 17.5 Å². The first kappa shape index (κ1) is 18.6. The van der Waals surface area contributed by atoms with Gasteiger partial charge in [0.25, 0.3) is 5.95 Å². The Balaban J connectivity index is 1.96. The zero-order chi connectivity index (χ0) is 18.4. The van der Waals surface area contributed by atoms with Gasteiger partial charge in [-0.3, -0.25) is 10.0 Å². The van der Waals surface area contributed by atoms with Gasteiger partial charge in [0.15, 0.2) is 5.76 Å². The van der Waals surface area contributed by atoms with E-state index in [9.17, 15) is 18.7 Å². The topological polar surface area (TPSA) is 118 Å². The molecule has 0 radical (unpaired) electrons. The second-order valence-corrected chi connectivity index (χ2v) is 5.69. The summed E-state index contributed by atoms with van der Waals surface area (Å²) < 4.78 is 23.0. The van der Waals surface area contributed by atoms with Crippen molar-refractivity contribution in [2.75, 3.05) is 6.54 Å². The van der Waals surface area contributed by atoms with Crippen LogP contribution < -0.4 is 15.8 Å². The average molecular weight is 369 g/mol. The molecule has 0 aliphatic carbocycles. The fourth-order valence-electron chi connectivity index (χ4n) is 1.92. The number of ether oxygens (including phenoxy) is 1. The smallest absolute Gasteiger partial charge is 0.313 e. The number of amides is 3. The number of hydrogen-bond acceptors (Lipinski definition) is 6. The van der Waals surface area contributed by atoms with Crippen molar-refractivity contribution in [1.82, 2.24) is 10.4 Å². The molecule has 1 aromatic heterocycles. The molecular formula is C15H16FN3O5S. The maximum atomic E-state index is 12.4. The minimum absolute atomic E-state index is 0.0284. The summed E-state index contributed by atoms with van der Waals surface area (Å²) in [6.07, 6.45) is 0. The third-order valence-electron chi connectivity index (χ3n) is 2.99. The van der Waals surface area contributed by atoms with Crippen LogP contribution in [-0.4, -0.2) is 34.8 Å². The predicted molar refractivity (Wildman–Crippen MR) is 87.2 cm³/mol. The zero-order valence-corrected chi connectivity index (χ0v) is 14.0. The van der Waals surface area contributed by atoms with Crippen LogP contribution in [-0.2, 0) is 0 Å². The van der Waals surface area contributed by atoms with Crippen molar-refractivity contribution in [1.29, 1.82) is 0 Å². The maximum Gasteiger partial charge on any atom is 0.313 e. The molecule has 134 valence electrons. The van der Waals surface area contributed by atoms with E-state index in [1.54, 1.807) is 19.1 Å². The minimum atomic E-state index is -0.808. The van der Waals surface area contributed by atoms with Gasteiger partial charge >= 0.3 is 11.9 Å². The monoisotopic (exact) mass is 369 g/mol. The molecule has 1 heterocycles. The van der Waals surface area contributed by atoms with Gasteiger partial charge in [-0.05, 0) is 37.3 Å². The molecular weight excluding hydrogens is 353 g/mol. The molecule has 3 amide bonds. The lowest BCUT2D eigenvalue weighted by atomic mass is 10.3. The Labute approximate surface area is 147 Å². The highest BCUT2D eigenvalue weighted by Gasteiger charge is 2.21. The molecule has 10 heteroatoms. The number of nitrogens with one attached hydrogen (secondary N) is 1. The largest absolute Gasteiger partial charge is 0.426 e. The number of primary amides is 1. The molecule has 0 aliphatic heterocycles. The van der Waals surface area contributed by atoms with Gasteiger partial charge in [-0.2, -0.15) is 3.89 Å². The number of benzene rings is 1. The summed E-state index contributed by atoms with van der Waals surface area (Å²) in [5.74, 6) is -0.538. The van der Waals surface area contributed by atoms with Crippen LogP contribution in [0, 0.1) is 0 Å². The normalized spacial score (nSPS) is 11.6. The Kier molecular flexibility index (Phi) is 6.25. The lowest BCUT2D eigenvalue weighted by Crippen LogP contribution is -2.44. The van der Waals surface area contributed by atoms with Crippen molar-refractivity contribution in [2.45, 2.75) is 17.9 Å². The van der Waals surface area contributed by atoms with Gasteiger partial charge in [-0.15, -0.1) is 0 Å². The van der Waals surface area contributed by atoms with Gasteiger partial charge < -0.3 is 20.2 Å². The van der Waals surface area contributed by atoms with Crippen LogP contribution in [0.15, 0.2) is 45.7 Å².